The second-order valence-electron chi connectivity index (χ2n) is 5.80. The predicted octanol–water partition coefficient (Wildman–Crippen LogP) is 0.684. The molecule has 6 heteroatoms. The molecule has 0 saturated carbocycles. The highest BCUT2D eigenvalue weighted by atomic mass is 16.5. The Morgan fingerprint density at radius 2 is 2.05 bits per heavy atom. The number of amides is 1. The first kappa shape index (κ1) is 17.4. The molecule has 118 valence electrons. The van der Waals surface area contributed by atoms with Crippen molar-refractivity contribution in [3.63, 3.8) is 0 Å². The lowest BCUT2D eigenvalue weighted by molar-refractivity contribution is -0.160. The highest BCUT2D eigenvalue weighted by molar-refractivity contribution is 6.38. The van der Waals surface area contributed by atoms with E-state index in [-0.39, 0.29) is 6.61 Å². The first-order valence-electron chi connectivity index (χ1n) is 7.09. The number of aliphatic hydroxyl groups is 1. The van der Waals surface area contributed by atoms with Crippen LogP contribution in [0.5, 0.6) is 0 Å². The number of ketones is 1. The molecule has 6 nitrogen and oxygen atoms in total. The van der Waals surface area contributed by atoms with Gasteiger partial charge in [0.2, 0.25) is 5.78 Å². The van der Waals surface area contributed by atoms with Gasteiger partial charge in [0.05, 0.1) is 12.0 Å². The van der Waals surface area contributed by atoms with Gasteiger partial charge in [0, 0.05) is 6.54 Å². The zero-order valence-electron chi connectivity index (χ0n) is 12.6. The molecule has 0 radical (unpaired) electrons. The summed E-state index contributed by atoms with van der Waals surface area (Å²) in [5, 5.41) is 9.21. The molecule has 1 N–H and O–H groups in total. The largest absolute Gasteiger partial charge is 0.460 e. The lowest BCUT2D eigenvalue weighted by atomic mass is 9.87. The highest BCUT2D eigenvalue weighted by Gasteiger charge is 2.40. The number of rotatable bonds is 6. The van der Waals surface area contributed by atoms with Crippen molar-refractivity contribution in [3.8, 4) is 0 Å². The number of nitrogens with zero attached hydrogens (tertiary/aromatic N) is 1. The molecule has 0 aromatic heterocycles. The van der Waals surface area contributed by atoms with Gasteiger partial charge in [-0.1, -0.05) is 26.5 Å². The van der Waals surface area contributed by atoms with Crippen LogP contribution in [-0.4, -0.2) is 53.5 Å². The van der Waals surface area contributed by atoms with Crippen LogP contribution in [0.25, 0.3) is 0 Å². The van der Waals surface area contributed by atoms with Crippen LogP contribution in [0.2, 0.25) is 0 Å². The van der Waals surface area contributed by atoms with Crippen LogP contribution < -0.4 is 0 Å². The molecule has 1 saturated heterocycles. The fraction of sp³-hybridized carbons (Fsp3) is 0.667. The normalized spacial score (nSPS) is 19.0. The average molecular weight is 297 g/mol. The number of piperidine rings is 1. The van der Waals surface area contributed by atoms with Gasteiger partial charge in [-0.2, -0.15) is 0 Å². The molecule has 0 aliphatic carbocycles. The molecule has 0 spiro atoms. The quantitative estimate of drug-likeness (QED) is 0.443. The fourth-order valence-electron chi connectivity index (χ4n) is 2.15. The smallest absolute Gasteiger partial charge is 0.329 e. The van der Waals surface area contributed by atoms with Gasteiger partial charge < -0.3 is 14.7 Å². The Labute approximate surface area is 124 Å². The molecule has 1 heterocycles. The van der Waals surface area contributed by atoms with E-state index in [2.05, 4.69) is 6.58 Å². The summed E-state index contributed by atoms with van der Waals surface area (Å²) in [5.41, 5.74) is -1.15. The monoisotopic (exact) mass is 297 g/mol. The van der Waals surface area contributed by atoms with Crippen molar-refractivity contribution in [1.29, 1.82) is 0 Å². The molecule has 1 aliphatic rings. The van der Waals surface area contributed by atoms with Crippen molar-refractivity contribution < 1.29 is 24.2 Å². The molecule has 0 bridgehead atoms. The zero-order valence-corrected chi connectivity index (χ0v) is 12.6. The SMILES string of the molecule is C=CCOC(=O)[C@H]1CCCCN1C(=O)C(=O)C(C)(C)CO. The van der Waals surface area contributed by atoms with Crippen molar-refractivity contribution in [2.75, 3.05) is 19.8 Å². The summed E-state index contributed by atoms with van der Waals surface area (Å²) in [6.07, 6.45) is 3.47. The second-order valence-corrected chi connectivity index (χ2v) is 5.80. The maximum atomic E-state index is 12.3. The summed E-state index contributed by atoms with van der Waals surface area (Å²) in [6.45, 7) is 6.47. The molecule has 1 fully saturated rings. The maximum Gasteiger partial charge on any atom is 0.329 e. The number of aliphatic hydroxyl groups excluding tert-OH is 1. The van der Waals surface area contributed by atoms with E-state index in [4.69, 9.17) is 4.74 Å². The van der Waals surface area contributed by atoms with Crippen molar-refractivity contribution in [2.45, 2.75) is 39.2 Å². The Bertz CT molecular complexity index is 430. The molecule has 1 amide bonds. The zero-order chi connectivity index (χ0) is 16.0. The molecular weight excluding hydrogens is 274 g/mol. The standard InChI is InChI=1S/C15H23NO5/c1-4-9-21-14(20)11-7-5-6-8-16(11)13(19)12(18)15(2,3)10-17/h4,11,17H,1,5-10H2,2-3H3/t11-/m1/s1. The topological polar surface area (TPSA) is 83.9 Å². The molecule has 1 rings (SSSR count). The first-order chi connectivity index (χ1) is 9.85. The van der Waals surface area contributed by atoms with E-state index in [1.165, 1.54) is 24.8 Å². The summed E-state index contributed by atoms with van der Waals surface area (Å²) in [5.74, 6) is -1.93. The molecular formula is C15H23NO5. The maximum absolute atomic E-state index is 12.3. The third-order valence-corrected chi connectivity index (χ3v) is 3.58. The number of hydrogen-bond acceptors (Lipinski definition) is 5. The average Bonchev–Trinajstić information content (AvgIpc) is 2.51. The third kappa shape index (κ3) is 4.14. The van der Waals surface area contributed by atoms with E-state index in [9.17, 15) is 19.5 Å². The van der Waals surface area contributed by atoms with Crippen LogP contribution in [0.1, 0.15) is 33.1 Å². The minimum absolute atomic E-state index is 0.0768. The van der Waals surface area contributed by atoms with E-state index in [1.807, 2.05) is 0 Å². The van der Waals surface area contributed by atoms with Crippen LogP contribution in [0, 0.1) is 5.41 Å². The van der Waals surface area contributed by atoms with E-state index < -0.39 is 35.7 Å². The summed E-state index contributed by atoms with van der Waals surface area (Å²) in [6, 6.07) is -0.732. The van der Waals surface area contributed by atoms with Gasteiger partial charge in [-0.3, -0.25) is 9.59 Å². The molecule has 21 heavy (non-hydrogen) atoms. The number of Topliss-reactive ketones (excluding diaryl/α,β-unsaturated/α-hetero) is 1. The summed E-state index contributed by atoms with van der Waals surface area (Å²) >= 11 is 0. The van der Waals surface area contributed by atoms with Gasteiger partial charge in [-0.05, 0) is 19.3 Å². The van der Waals surface area contributed by atoms with Gasteiger partial charge in [0.15, 0.2) is 0 Å². The Morgan fingerprint density at radius 3 is 2.62 bits per heavy atom. The predicted molar refractivity (Wildman–Crippen MR) is 76.4 cm³/mol. The Morgan fingerprint density at radius 1 is 1.38 bits per heavy atom. The van der Waals surface area contributed by atoms with Crippen LogP contribution >= 0.6 is 0 Å². The summed E-state index contributed by atoms with van der Waals surface area (Å²) in [7, 11) is 0. The minimum atomic E-state index is -1.15. The van der Waals surface area contributed by atoms with E-state index >= 15 is 0 Å². The van der Waals surface area contributed by atoms with Crippen molar-refractivity contribution in [1.82, 2.24) is 4.90 Å². The van der Waals surface area contributed by atoms with Crippen LogP contribution in [-0.2, 0) is 19.1 Å². The van der Waals surface area contributed by atoms with Gasteiger partial charge in [-0.15, -0.1) is 0 Å². The Balaban J connectivity index is 2.86. The number of esters is 1. The summed E-state index contributed by atoms with van der Waals surface area (Å²) < 4.78 is 4.99. The van der Waals surface area contributed by atoms with Gasteiger partial charge >= 0.3 is 5.97 Å². The lowest BCUT2D eigenvalue weighted by Gasteiger charge is -2.35. The van der Waals surface area contributed by atoms with Gasteiger partial charge in [-0.25, -0.2) is 4.79 Å². The van der Waals surface area contributed by atoms with Crippen LogP contribution in [0.3, 0.4) is 0 Å². The fourth-order valence-corrected chi connectivity index (χ4v) is 2.15. The molecule has 0 aromatic carbocycles. The number of ether oxygens (including phenoxy) is 1. The molecule has 0 unspecified atom stereocenters. The third-order valence-electron chi connectivity index (χ3n) is 3.58. The molecule has 1 atom stereocenters. The number of carbonyl (C=O) groups excluding carboxylic acids is 3. The van der Waals surface area contributed by atoms with E-state index in [0.29, 0.717) is 13.0 Å². The van der Waals surface area contributed by atoms with E-state index in [1.54, 1.807) is 0 Å². The molecule has 1 aliphatic heterocycles. The first-order valence-corrected chi connectivity index (χ1v) is 7.09. The highest BCUT2D eigenvalue weighted by Crippen LogP contribution is 2.23. The number of hydrogen-bond donors (Lipinski definition) is 1. The molecule has 0 aromatic rings. The lowest BCUT2D eigenvalue weighted by Crippen LogP contribution is -2.53. The van der Waals surface area contributed by atoms with Gasteiger partial charge in [0.1, 0.15) is 12.6 Å². The van der Waals surface area contributed by atoms with Gasteiger partial charge in [0.25, 0.3) is 5.91 Å². The minimum Gasteiger partial charge on any atom is -0.460 e. The number of likely N-dealkylation sites (tertiary alicyclic amines) is 1. The Kier molecular flexibility index (Phi) is 6.08. The van der Waals surface area contributed by atoms with Crippen molar-refractivity contribution in [2.24, 2.45) is 5.41 Å². The number of carbonyl (C=O) groups is 3. The van der Waals surface area contributed by atoms with Crippen LogP contribution in [0.4, 0.5) is 0 Å². The Hall–Kier alpha value is -1.69. The second kappa shape index (κ2) is 7.36. The van der Waals surface area contributed by atoms with E-state index in [0.717, 1.165) is 12.8 Å². The van der Waals surface area contributed by atoms with Crippen LogP contribution in [0.15, 0.2) is 12.7 Å². The van der Waals surface area contributed by atoms with Crippen molar-refractivity contribution in [3.05, 3.63) is 12.7 Å². The van der Waals surface area contributed by atoms with Crippen molar-refractivity contribution >= 4 is 17.7 Å². The summed E-state index contributed by atoms with van der Waals surface area (Å²) in [4.78, 5) is 37.7.